The summed E-state index contributed by atoms with van der Waals surface area (Å²) in [5, 5.41) is 15.7. The number of ether oxygens (including phenoxy) is 2. The van der Waals surface area contributed by atoms with Crippen LogP contribution in [0, 0.1) is 6.92 Å². The lowest BCUT2D eigenvalue weighted by Crippen LogP contribution is -2.32. The lowest BCUT2D eigenvalue weighted by atomic mass is 10.1. The first kappa shape index (κ1) is 17.6. The van der Waals surface area contributed by atoms with Crippen LogP contribution >= 0.6 is 0 Å². The number of anilines is 1. The number of benzene rings is 2. The highest BCUT2D eigenvalue weighted by Gasteiger charge is 2.15. The highest BCUT2D eigenvalue weighted by molar-refractivity contribution is 5.89. The average Bonchev–Trinajstić information content (AvgIpc) is 2.59. The lowest BCUT2D eigenvalue weighted by Gasteiger charge is -2.17. The third-order valence-corrected chi connectivity index (χ3v) is 3.53. The van der Waals surface area contributed by atoms with Crippen molar-refractivity contribution >= 4 is 11.7 Å². The van der Waals surface area contributed by atoms with Gasteiger partial charge in [-0.15, -0.1) is 0 Å². The molecule has 6 nitrogen and oxygen atoms in total. The Labute approximate surface area is 141 Å². The van der Waals surface area contributed by atoms with Crippen LogP contribution in [-0.2, 0) is 0 Å². The van der Waals surface area contributed by atoms with Crippen LogP contribution in [0.2, 0.25) is 0 Å². The maximum absolute atomic E-state index is 11.9. The van der Waals surface area contributed by atoms with Gasteiger partial charge < -0.3 is 25.2 Å². The van der Waals surface area contributed by atoms with E-state index < -0.39 is 6.10 Å². The van der Waals surface area contributed by atoms with Crippen molar-refractivity contribution in [2.24, 2.45) is 0 Å². The summed E-state index contributed by atoms with van der Waals surface area (Å²) in [6.07, 6.45) is -0.918. The summed E-state index contributed by atoms with van der Waals surface area (Å²) in [5.41, 5.74) is 2.29. The number of urea groups is 1. The summed E-state index contributed by atoms with van der Waals surface area (Å²) < 4.78 is 10.4. The first-order valence-electron chi connectivity index (χ1n) is 7.55. The van der Waals surface area contributed by atoms with Gasteiger partial charge in [0.2, 0.25) is 0 Å². The molecule has 0 radical (unpaired) electrons. The van der Waals surface area contributed by atoms with Crippen molar-refractivity contribution in [2.45, 2.75) is 13.0 Å². The van der Waals surface area contributed by atoms with Crippen LogP contribution in [-0.4, -0.2) is 31.9 Å². The lowest BCUT2D eigenvalue weighted by molar-refractivity contribution is 0.170. The normalized spacial score (nSPS) is 11.5. The number of aliphatic hydroxyl groups excluding tert-OH is 1. The van der Waals surface area contributed by atoms with Gasteiger partial charge in [-0.25, -0.2) is 4.79 Å². The first-order valence-corrected chi connectivity index (χ1v) is 7.55. The van der Waals surface area contributed by atoms with Crippen molar-refractivity contribution in [3.05, 3.63) is 53.6 Å². The molecule has 0 aliphatic heterocycles. The van der Waals surface area contributed by atoms with Crippen molar-refractivity contribution in [3.63, 3.8) is 0 Å². The van der Waals surface area contributed by atoms with Gasteiger partial charge in [0.1, 0.15) is 17.6 Å². The van der Waals surface area contributed by atoms with Crippen LogP contribution < -0.4 is 20.1 Å². The largest absolute Gasteiger partial charge is 0.497 e. The Morgan fingerprint density at radius 2 is 1.96 bits per heavy atom. The smallest absolute Gasteiger partial charge is 0.319 e. The van der Waals surface area contributed by atoms with Gasteiger partial charge in [-0.2, -0.15) is 0 Å². The number of hydrogen-bond donors (Lipinski definition) is 3. The fourth-order valence-corrected chi connectivity index (χ4v) is 2.30. The SMILES string of the molecule is COc1ccc(OC)c([C@H](O)CNC(=O)Nc2cccc(C)c2)c1. The first-order chi connectivity index (χ1) is 11.5. The van der Waals surface area contributed by atoms with E-state index in [1.54, 1.807) is 31.4 Å². The Kier molecular flexibility index (Phi) is 6.03. The molecule has 0 spiro atoms. The second kappa shape index (κ2) is 8.21. The second-order valence-corrected chi connectivity index (χ2v) is 5.33. The predicted octanol–water partition coefficient (Wildman–Crippen LogP) is 2.87. The molecule has 3 N–H and O–H groups in total. The minimum atomic E-state index is -0.918. The minimum Gasteiger partial charge on any atom is -0.497 e. The van der Waals surface area contributed by atoms with Gasteiger partial charge in [-0.3, -0.25) is 0 Å². The van der Waals surface area contributed by atoms with Gasteiger partial charge in [0, 0.05) is 17.8 Å². The summed E-state index contributed by atoms with van der Waals surface area (Å²) in [4.78, 5) is 11.9. The third-order valence-electron chi connectivity index (χ3n) is 3.53. The van der Waals surface area contributed by atoms with Crippen LogP contribution in [0.4, 0.5) is 10.5 Å². The monoisotopic (exact) mass is 330 g/mol. The van der Waals surface area contributed by atoms with Crippen LogP contribution in [0.1, 0.15) is 17.2 Å². The number of aliphatic hydroxyl groups is 1. The number of rotatable bonds is 6. The molecule has 1 atom stereocenters. The zero-order valence-corrected chi connectivity index (χ0v) is 14.0. The number of hydrogen-bond acceptors (Lipinski definition) is 4. The molecule has 24 heavy (non-hydrogen) atoms. The maximum atomic E-state index is 11.9. The molecule has 2 amide bonds. The summed E-state index contributed by atoms with van der Waals surface area (Å²) in [7, 11) is 3.07. The van der Waals surface area contributed by atoms with Gasteiger partial charge in [0.15, 0.2) is 0 Å². The number of nitrogens with one attached hydrogen (secondary N) is 2. The molecule has 6 heteroatoms. The van der Waals surface area contributed by atoms with E-state index in [9.17, 15) is 9.90 Å². The quantitative estimate of drug-likeness (QED) is 0.761. The van der Waals surface area contributed by atoms with E-state index in [-0.39, 0.29) is 12.6 Å². The molecular weight excluding hydrogens is 308 g/mol. The Morgan fingerprint density at radius 3 is 2.62 bits per heavy atom. The summed E-state index contributed by atoms with van der Waals surface area (Å²) in [6.45, 7) is 1.99. The topological polar surface area (TPSA) is 79.8 Å². The molecule has 0 fully saturated rings. The molecule has 0 aliphatic rings. The molecule has 2 aromatic carbocycles. The standard InChI is InChI=1S/C18H22N2O4/c1-12-5-4-6-13(9-12)20-18(22)19-11-16(21)15-10-14(23-2)7-8-17(15)24-3/h4-10,16,21H,11H2,1-3H3,(H2,19,20,22)/t16-/m1/s1. The zero-order valence-electron chi connectivity index (χ0n) is 14.0. The molecule has 128 valence electrons. The van der Waals surface area contributed by atoms with E-state index in [1.807, 2.05) is 25.1 Å². The van der Waals surface area contributed by atoms with E-state index in [0.717, 1.165) is 5.56 Å². The van der Waals surface area contributed by atoms with E-state index in [0.29, 0.717) is 22.7 Å². The molecule has 2 rings (SSSR count). The Morgan fingerprint density at radius 1 is 1.17 bits per heavy atom. The van der Waals surface area contributed by atoms with Crippen LogP contribution in [0.15, 0.2) is 42.5 Å². The van der Waals surface area contributed by atoms with Crippen molar-refractivity contribution < 1.29 is 19.4 Å². The summed E-state index contributed by atoms with van der Waals surface area (Å²) >= 11 is 0. The van der Waals surface area contributed by atoms with Gasteiger partial charge in [-0.05, 0) is 42.8 Å². The van der Waals surface area contributed by atoms with E-state index in [2.05, 4.69) is 10.6 Å². The molecule has 0 saturated heterocycles. The third kappa shape index (κ3) is 4.63. The minimum absolute atomic E-state index is 0.0428. The molecule has 0 unspecified atom stereocenters. The van der Waals surface area contributed by atoms with Crippen molar-refractivity contribution in [1.29, 1.82) is 0 Å². The van der Waals surface area contributed by atoms with Crippen LogP contribution in [0.25, 0.3) is 0 Å². The average molecular weight is 330 g/mol. The van der Waals surface area contributed by atoms with Gasteiger partial charge in [0.05, 0.1) is 14.2 Å². The summed E-state index contributed by atoms with van der Waals surface area (Å²) in [5.74, 6) is 1.14. The molecule has 2 aromatic rings. The predicted molar refractivity (Wildman–Crippen MR) is 92.7 cm³/mol. The van der Waals surface area contributed by atoms with E-state index in [1.165, 1.54) is 7.11 Å². The van der Waals surface area contributed by atoms with Gasteiger partial charge in [-0.1, -0.05) is 12.1 Å². The second-order valence-electron chi connectivity index (χ2n) is 5.33. The Bertz CT molecular complexity index is 703. The number of carbonyl (C=O) groups excluding carboxylic acids is 1. The number of methoxy groups -OCH3 is 2. The molecule has 0 saturated carbocycles. The Hall–Kier alpha value is -2.73. The van der Waals surface area contributed by atoms with Crippen molar-refractivity contribution in [1.82, 2.24) is 5.32 Å². The number of carbonyl (C=O) groups is 1. The molecule has 0 aliphatic carbocycles. The molecular formula is C18H22N2O4. The van der Waals surface area contributed by atoms with Gasteiger partial charge >= 0.3 is 6.03 Å². The van der Waals surface area contributed by atoms with Crippen LogP contribution in [0.3, 0.4) is 0 Å². The van der Waals surface area contributed by atoms with E-state index in [4.69, 9.17) is 9.47 Å². The fourth-order valence-electron chi connectivity index (χ4n) is 2.30. The number of amides is 2. The molecule has 0 aromatic heterocycles. The van der Waals surface area contributed by atoms with Crippen molar-refractivity contribution in [2.75, 3.05) is 26.1 Å². The summed E-state index contributed by atoms with van der Waals surface area (Å²) in [6, 6.07) is 12.2. The molecule has 0 bridgehead atoms. The fraction of sp³-hybridized carbons (Fsp3) is 0.278. The zero-order chi connectivity index (χ0) is 17.5. The highest BCUT2D eigenvalue weighted by Crippen LogP contribution is 2.29. The van der Waals surface area contributed by atoms with Crippen LogP contribution in [0.5, 0.6) is 11.5 Å². The number of aryl methyl sites for hydroxylation is 1. The Balaban J connectivity index is 1.97. The maximum Gasteiger partial charge on any atom is 0.319 e. The van der Waals surface area contributed by atoms with Crippen molar-refractivity contribution in [3.8, 4) is 11.5 Å². The highest BCUT2D eigenvalue weighted by atomic mass is 16.5. The van der Waals surface area contributed by atoms with E-state index >= 15 is 0 Å². The van der Waals surface area contributed by atoms with Gasteiger partial charge in [0.25, 0.3) is 0 Å². The molecule has 0 heterocycles.